The number of hydrogen-bond donors (Lipinski definition) is 2. The molecule has 29 heavy (non-hydrogen) atoms. The van der Waals surface area contributed by atoms with Crippen LogP contribution < -0.4 is 20.1 Å². The smallest absolute Gasteiger partial charge is 0.320 e. The van der Waals surface area contributed by atoms with E-state index in [9.17, 15) is 10.1 Å². The van der Waals surface area contributed by atoms with Gasteiger partial charge in [-0.2, -0.15) is 5.26 Å². The van der Waals surface area contributed by atoms with E-state index in [0.29, 0.717) is 30.3 Å². The lowest BCUT2D eigenvalue weighted by Gasteiger charge is -2.27. The van der Waals surface area contributed by atoms with Crippen LogP contribution in [0.3, 0.4) is 0 Å². The summed E-state index contributed by atoms with van der Waals surface area (Å²) in [7, 11) is 0. The summed E-state index contributed by atoms with van der Waals surface area (Å²) in [5.74, 6) is 2.16. The molecule has 0 spiro atoms. The summed E-state index contributed by atoms with van der Waals surface area (Å²) >= 11 is 0. The Balaban J connectivity index is 1.79. The van der Waals surface area contributed by atoms with Gasteiger partial charge in [-0.3, -0.25) is 5.32 Å². The average molecular weight is 396 g/mol. The molecule has 7 heteroatoms. The van der Waals surface area contributed by atoms with Crippen molar-refractivity contribution in [2.24, 2.45) is 5.92 Å². The number of carbonyl (C=O) groups excluding carboxylic acids is 1. The molecule has 1 atom stereocenters. The van der Waals surface area contributed by atoms with E-state index < -0.39 is 0 Å². The number of amides is 2. The molecule has 0 saturated carbocycles. The van der Waals surface area contributed by atoms with Crippen LogP contribution in [0.4, 0.5) is 10.6 Å². The molecule has 1 aromatic heterocycles. The highest BCUT2D eigenvalue weighted by Crippen LogP contribution is 2.34. The molecule has 1 aromatic carbocycles. The minimum Gasteiger partial charge on any atom is -0.486 e. The summed E-state index contributed by atoms with van der Waals surface area (Å²) in [5.41, 5.74) is 1.18. The summed E-state index contributed by atoms with van der Waals surface area (Å²) in [5, 5.41) is 15.2. The first-order valence-corrected chi connectivity index (χ1v) is 9.79. The molecule has 2 amide bonds. The van der Waals surface area contributed by atoms with Crippen molar-refractivity contribution in [3.63, 3.8) is 0 Å². The Morgan fingerprint density at radius 1 is 1.17 bits per heavy atom. The van der Waals surface area contributed by atoms with E-state index in [1.165, 1.54) is 0 Å². The van der Waals surface area contributed by atoms with Crippen molar-refractivity contribution >= 4 is 11.8 Å². The molecule has 1 aliphatic rings. The van der Waals surface area contributed by atoms with Gasteiger partial charge in [-0.1, -0.05) is 19.9 Å². The zero-order valence-electron chi connectivity index (χ0n) is 17.6. The van der Waals surface area contributed by atoms with Gasteiger partial charge in [0.15, 0.2) is 11.5 Å². The van der Waals surface area contributed by atoms with Gasteiger partial charge in [0.05, 0.1) is 11.6 Å². The number of fused-ring (bicyclic) bond motifs is 1. The minimum absolute atomic E-state index is 0.160. The molecular weight excluding hydrogens is 368 g/mol. The van der Waals surface area contributed by atoms with Crippen LogP contribution in [0.15, 0.2) is 30.5 Å². The third kappa shape index (κ3) is 4.65. The third-order valence-corrected chi connectivity index (χ3v) is 4.79. The van der Waals surface area contributed by atoms with Crippen molar-refractivity contribution in [2.75, 3.05) is 18.5 Å². The summed E-state index contributed by atoms with van der Waals surface area (Å²) < 4.78 is 13.1. The molecule has 0 radical (unpaired) electrons. The standard InChI is InChI=1S/C22H28N4O3/c1-14(2)20(16-6-7-17-18(11-16)29-9-8-28-17)25-21(27)24-19-10-15(12-23)13-26(19)22(3,4)5/h6-7,10-11,13-14,20H,8-9H2,1-5H3,(H2,24,25,27). The Kier molecular flexibility index (Phi) is 5.73. The summed E-state index contributed by atoms with van der Waals surface area (Å²) in [4.78, 5) is 12.8. The number of benzene rings is 1. The molecule has 7 nitrogen and oxygen atoms in total. The van der Waals surface area contributed by atoms with Crippen molar-refractivity contribution in [1.29, 1.82) is 5.26 Å². The van der Waals surface area contributed by atoms with E-state index >= 15 is 0 Å². The van der Waals surface area contributed by atoms with Crippen molar-refractivity contribution in [2.45, 2.75) is 46.2 Å². The molecule has 3 rings (SSSR count). The molecule has 1 aliphatic heterocycles. The van der Waals surface area contributed by atoms with Crippen LogP contribution in [0.5, 0.6) is 11.5 Å². The van der Waals surface area contributed by atoms with Crippen LogP contribution in [0.25, 0.3) is 0 Å². The highest BCUT2D eigenvalue weighted by atomic mass is 16.6. The first kappa shape index (κ1) is 20.6. The molecule has 1 unspecified atom stereocenters. The maximum Gasteiger partial charge on any atom is 0.320 e. The van der Waals surface area contributed by atoms with Crippen LogP contribution in [0.1, 0.15) is 51.8 Å². The summed E-state index contributed by atoms with van der Waals surface area (Å²) in [6.07, 6.45) is 1.75. The Morgan fingerprint density at radius 2 is 1.86 bits per heavy atom. The van der Waals surface area contributed by atoms with Crippen LogP contribution in [-0.4, -0.2) is 23.8 Å². The SMILES string of the molecule is CC(C)C(NC(=O)Nc1cc(C#N)cn1C(C)(C)C)c1ccc2c(c1)OCCO2. The highest BCUT2D eigenvalue weighted by Gasteiger charge is 2.23. The second-order valence-corrected chi connectivity index (χ2v) is 8.49. The quantitative estimate of drug-likeness (QED) is 0.801. The number of hydrogen-bond acceptors (Lipinski definition) is 4. The van der Waals surface area contributed by atoms with Crippen molar-refractivity contribution < 1.29 is 14.3 Å². The zero-order valence-corrected chi connectivity index (χ0v) is 17.6. The fraction of sp³-hybridized carbons (Fsp3) is 0.455. The monoisotopic (exact) mass is 396 g/mol. The molecule has 2 N–H and O–H groups in total. The third-order valence-electron chi connectivity index (χ3n) is 4.79. The molecule has 2 aromatic rings. The van der Waals surface area contributed by atoms with Gasteiger partial charge in [0, 0.05) is 11.7 Å². The lowest BCUT2D eigenvalue weighted by Crippen LogP contribution is -2.36. The number of rotatable bonds is 4. The van der Waals surface area contributed by atoms with Gasteiger partial charge in [0.2, 0.25) is 0 Å². The highest BCUT2D eigenvalue weighted by molar-refractivity contribution is 5.89. The van der Waals surface area contributed by atoms with Crippen molar-refractivity contribution in [1.82, 2.24) is 9.88 Å². The fourth-order valence-corrected chi connectivity index (χ4v) is 3.36. The predicted molar refractivity (Wildman–Crippen MR) is 111 cm³/mol. The van der Waals surface area contributed by atoms with Gasteiger partial charge in [0.25, 0.3) is 0 Å². The second-order valence-electron chi connectivity index (χ2n) is 8.49. The zero-order chi connectivity index (χ0) is 21.2. The lowest BCUT2D eigenvalue weighted by molar-refractivity contribution is 0.171. The van der Waals surface area contributed by atoms with Crippen molar-refractivity contribution in [3.8, 4) is 17.6 Å². The van der Waals surface area contributed by atoms with E-state index in [0.717, 1.165) is 11.3 Å². The number of nitrogens with zero attached hydrogens (tertiary/aromatic N) is 2. The van der Waals surface area contributed by atoms with Crippen LogP contribution in [0.2, 0.25) is 0 Å². The van der Waals surface area contributed by atoms with Crippen LogP contribution in [-0.2, 0) is 5.54 Å². The van der Waals surface area contributed by atoms with Gasteiger partial charge < -0.3 is 19.4 Å². The number of nitrogens with one attached hydrogen (secondary N) is 2. The van der Waals surface area contributed by atoms with E-state index in [1.54, 1.807) is 12.3 Å². The topological polar surface area (TPSA) is 88.3 Å². The normalized spacial score (nSPS) is 14.2. The number of anilines is 1. The van der Waals surface area contributed by atoms with Crippen LogP contribution >= 0.6 is 0 Å². The maximum atomic E-state index is 12.8. The summed E-state index contributed by atoms with van der Waals surface area (Å²) in [6, 6.07) is 9.02. The predicted octanol–water partition coefficient (Wildman–Crippen LogP) is 4.40. The Hall–Kier alpha value is -3.14. The van der Waals surface area contributed by atoms with Crippen molar-refractivity contribution in [3.05, 3.63) is 41.6 Å². The lowest BCUT2D eigenvalue weighted by atomic mass is 9.95. The van der Waals surface area contributed by atoms with Crippen LogP contribution in [0, 0.1) is 17.2 Å². The number of ether oxygens (including phenoxy) is 2. The molecular formula is C22H28N4O3. The molecule has 0 aliphatic carbocycles. The second kappa shape index (κ2) is 8.08. The molecule has 154 valence electrons. The van der Waals surface area contributed by atoms with Gasteiger partial charge in [-0.25, -0.2) is 4.79 Å². The van der Waals surface area contributed by atoms with E-state index in [4.69, 9.17) is 9.47 Å². The first-order valence-electron chi connectivity index (χ1n) is 9.79. The van der Waals surface area contributed by atoms with E-state index in [1.807, 2.05) is 57.4 Å². The number of aromatic nitrogens is 1. The van der Waals surface area contributed by atoms with Gasteiger partial charge in [-0.15, -0.1) is 0 Å². The first-order chi connectivity index (χ1) is 13.7. The average Bonchev–Trinajstić information content (AvgIpc) is 3.09. The number of urea groups is 1. The molecule has 0 fully saturated rings. The Labute approximate surface area is 171 Å². The fourth-order valence-electron chi connectivity index (χ4n) is 3.36. The van der Waals surface area contributed by atoms with Gasteiger partial charge in [0.1, 0.15) is 25.1 Å². The molecule has 0 saturated heterocycles. The summed E-state index contributed by atoms with van der Waals surface area (Å²) in [6.45, 7) is 11.2. The molecule has 0 bridgehead atoms. The maximum absolute atomic E-state index is 12.8. The van der Waals surface area contributed by atoms with E-state index in [-0.39, 0.29) is 23.5 Å². The van der Waals surface area contributed by atoms with E-state index in [2.05, 4.69) is 16.7 Å². The van der Waals surface area contributed by atoms with Gasteiger partial charge >= 0.3 is 6.03 Å². The Bertz CT molecular complexity index is 935. The Morgan fingerprint density at radius 3 is 2.48 bits per heavy atom. The number of carbonyl (C=O) groups is 1. The largest absolute Gasteiger partial charge is 0.486 e. The minimum atomic E-state index is -0.327. The van der Waals surface area contributed by atoms with Gasteiger partial charge in [-0.05, 0) is 50.5 Å². The number of nitriles is 1. The molecule has 2 heterocycles.